The Hall–Kier alpha value is -1.94. The molecule has 1 aliphatic heterocycles. The highest BCUT2D eigenvalue weighted by atomic mass is 32.2. The molecule has 1 fully saturated rings. The number of sulfonamides is 1. The number of anilines is 1. The van der Waals surface area contributed by atoms with E-state index < -0.39 is 20.7 Å². The summed E-state index contributed by atoms with van der Waals surface area (Å²) < 4.78 is 46.2. The van der Waals surface area contributed by atoms with E-state index in [0.717, 1.165) is 22.8 Å². The first-order valence-corrected chi connectivity index (χ1v) is 11.3. The number of carbonyl (C=O) groups is 1. The van der Waals surface area contributed by atoms with E-state index in [-0.39, 0.29) is 37.9 Å². The molecule has 0 unspecified atom stereocenters. The molecule has 1 amide bonds. The van der Waals surface area contributed by atoms with Crippen molar-refractivity contribution in [3.05, 3.63) is 53.8 Å². The molecule has 0 aliphatic carbocycles. The topological polar surface area (TPSA) is 75.7 Å². The number of nitrogens with one attached hydrogen (secondary N) is 1. The van der Waals surface area contributed by atoms with Crippen molar-refractivity contribution in [3.8, 4) is 0 Å². The summed E-state index contributed by atoms with van der Waals surface area (Å²) in [6, 6.07) is 10.7. The van der Waals surface area contributed by atoms with Crippen molar-refractivity contribution in [1.82, 2.24) is 4.31 Å². The van der Waals surface area contributed by atoms with Crippen LogP contribution in [0.25, 0.3) is 0 Å². The maximum Gasteiger partial charge on any atom is 0.256 e. The molecule has 0 saturated carbocycles. The van der Waals surface area contributed by atoms with Gasteiger partial charge in [-0.2, -0.15) is 4.31 Å². The van der Waals surface area contributed by atoms with Crippen LogP contribution in [0.5, 0.6) is 0 Å². The lowest BCUT2D eigenvalue weighted by molar-refractivity contribution is 0.0729. The van der Waals surface area contributed by atoms with Crippen LogP contribution in [0.4, 0.5) is 10.1 Å². The second-order valence-electron chi connectivity index (χ2n) is 6.04. The Morgan fingerprint density at radius 1 is 1.21 bits per heavy atom. The van der Waals surface area contributed by atoms with Gasteiger partial charge in [-0.05, 0) is 36.1 Å². The van der Waals surface area contributed by atoms with E-state index >= 15 is 0 Å². The number of nitrogens with zero attached hydrogens (tertiary/aromatic N) is 1. The van der Waals surface area contributed by atoms with Gasteiger partial charge in [0.05, 0.1) is 18.8 Å². The number of thioether (sulfide) groups is 1. The molecule has 1 heterocycles. The molecule has 2 aromatic rings. The Labute approximate surface area is 168 Å². The smallest absolute Gasteiger partial charge is 0.256 e. The lowest BCUT2D eigenvalue weighted by atomic mass is 10.2. The molecule has 28 heavy (non-hydrogen) atoms. The van der Waals surface area contributed by atoms with Crippen LogP contribution in [0.1, 0.15) is 17.3 Å². The van der Waals surface area contributed by atoms with Gasteiger partial charge in [-0.15, -0.1) is 11.8 Å². The molecular weight excluding hydrogens is 403 g/mol. The van der Waals surface area contributed by atoms with Crippen LogP contribution in [-0.2, 0) is 14.8 Å². The van der Waals surface area contributed by atoms with Crippen LogP contribution in [0.3, 0.4) is 0 Å². The van der Waals surface area contributed by atoms with Crippen molar-refractivity contribution >= 4 is 33.4 Å². The molecule has 0 atom stereocenters. The first-order valence-electron chi connectivity index (χ1n) is 8.84. The van der Waals surface area contributed by atoms with Crippen LogP contribution in [-0.4, -0.2) is 50.7 Å². The van der Waals surface area contributed by atoms with Crippen LogP contribution >= 0.6 is 11.8 Å². The fraction of sp³-hybridized carbons (Fsp3) is 0.316. The third-order valence-corrected chi connectivity index (χ3v) is 7.08. The maximum absolute atomic E-state index is 14.3. The zero-order valence-corrected chi connectivity index (χ0v) is 17.0. The monoisotopic (exact) mass is 424 g/mol. The third kappa shape index (κ3) is 4.54. The summed E-state index contributed by atoms with van der Waals surface area (Å²) in [5, 5.41) is 2.67. The molecule has 150 valence electrons. The zero-order valence-electron chi connectivity index (χ0n) is 15.4. The highest BCUT2D eigenvalue weighted by Crippen LogP contribution is 2.26. The van der Waals surface area contributed by atoms with Crippen LogP contribution in [0.2, 0.25) is 0 Å². The summed E-state index contributed by atoms with van der Waals surface area (Å²) >= 11 is 1.53. The predicted molar refractivity (Wildman–Crippen MR) is 107 cm³/mol. The van der Waals surface area contributed by atoms with Crippen molar-refractivity contribution in [3.63, 3.8) is 0 Å². The third-order valence-electron chi connectivity index (χ3n) is 4.21. The molecule has 0 bridgehead atoms. The van der Waals surface area contributed by atoms with Gasteiger partial charge in [-0.1, -0.05) is 19.1 Å². The Morgan fingerprint density at radius 3 is 2.64 bits per heavy atom. The van der Waals surface area contributed by atoms with E-state index in [1.807, 2.05) is 19.1 Å². The van der Waals surface area contributed by atoms with Crippen LogP contribution in [0.15, 0.2) is 52.3 Å². The SMILES string of the molecule is CCSc1ccccc1C(=O)Nc1ccc(F)c(S(=O)(=O)N2CCOCC2)c1. The first-order chi connectivity index (χ1) is 13.4. The first kappa shape index (κ1) is 20.8. The normalized spacial score (nSPS) is 15.4. The Bertz CT molecular complexity index is 960. The van der Waals surface area contributed by atoms with E-state index in [4.69, 9.17) is 4.74 Å². The average molecular weight is 425 g/mol. The van der Waals surface area contributed by atoms with Gasteiger partial charge in [0, 0.05) is 23.7 Å². The van der Waals surface area contributed by atoms with E-state index in [0.29, 0.717) is 5.56 Å². The van der Waals surface area contributed by atoms with Crippen molar-refractivity contribution in [1.29, 1.82) is 0 Å². The van der Waals surface area contributed by atoms with Gasteiger partial charge in [0.1, 0.15) is 10.7 Å². The summed E-state index contributed by atoms with van der Waals surface area (Å²) in [7, 11) is -4.01. The van der Waals surface area contributed by atoms with E-state index in [9.17, 15) is 17.6 Å². The van der Waals surface area contributed by atoms with Gasteiger partial charge in [0.15, 0.2) is 0 Å². The average Bonchev–Trinajstić information content (AvgIpc) is 2.70. The summed E-state index contributed by atoms with van der Waals surface area (Å²) in [6.07, 6.45) is 0. The van der Waals surface area contributed by atoms with Crippen molar-refractivity contribution in [2.24, 2.45) is 0 Å². The number of hydrogen-bond acceptors (Lipinski definition) is 5. The minimum atomic E-state index is -4.01. The molecule has 0 radical (unpaired) electrons. The lowest BCUT2D eigenvalue weighted by Gasteiger charge is -2.26. The fourth-order valence-electron chi connectivity index (χ4n) is 2.84. The molecular formula is C19H21FN2O4S2. The number of hydrogen-bond donors (Lipinski definition) is 1. The number of halogens is 1. The maximum atomic E-state index is 14.3. The number of rotatable bonds is 6. The standard InChI is InChI=1S/C19H21FN2O4S2/c1-2-27-17-6-4-3-5-15(17)19(23)21-14-7-8-16(20)18(13-14)28(24,25)22-9-11-26-12-10-22/h3-8,13H,2,9-12H2,1H3,(H,21,23). The highest BCUT2D eigenvalue weighted by molar-refractivity contribution is 7.99. The van der Waals surface area contributed by atoms with Gasteiger partial charge in [0.25, 0.3) is 5.91 Å². The fourth-order valence-corrected chi connectivity index (χ4v) is 5.14. The number of carbonyl (C=O) groups excluding carboxylic acids is 1. The van der Waals surface area contributed by atoms with E-state index in [1.165, 1.54) is 22.1 Å². The number of amides is 1. The second-order valence-corrected chi connectivity index (χ2v) is 9.26. The molecule has 0 spiro atoms. The summed E-state index contributed by atoms with van der Waals surface area (Å²) in [6.45, 7) is 2.86. The zero-order chi connectivity index (χ0) is 20.1. The molecule has 6 nitrogen and oxygen atoms in total. The van der Waals surface area contributed by atoms with Gasteiger partial charge >= 0.3 is 0 Å². The van der Waals surface area contributed by atoms with E-state index in [2.05, 4.69) is 5.32 Å². The van der Waals surface area contributed by atoms with Crippen LogP contribution in [0, 0.1) is 5.82 Å². The molecule has 0 aromatic heterocycles. The predicted octanol–water partition coefficient (Wildman–Crippen LogP) is 3.21. The van der Waals surface area contributed by atoms with Gasteiger partial charge in [-0.25, -0.2) is 12.8 Å². The quantitative estimate of drug-likeness (QED) is 0.721. The summed E-state index contributed by atoms with van der Waals surface area (Å²) in [5.41, 5.74) is 0.700. The van der Waals surface area contributed by atoms with Crippen molar-refractivity contribution in [2.75, 3.05) is 37.4 Å². The van der Waals surface area contributed by atoms with Gasteiger partial charge in [0.2, 0.25) is 10.0 Å². The van der Waals surface area contributed by atoms with Crippen molar-refractivity contribution in [2.45, 2.75) is 16.7 Å². The summed E-state index contributed by atoms with van der Waals surface area (Å²) in [5.74, 6) is -0.424. The molecule has 1 saturated heterocycles. The van der Waals surface area contributed by atoms with Crippen LogP contribution < -0.4 is 5.32 Å². The Balaban J connectivity index is 1.87. The number of morpholine rings is 1. The number of ether oxygens (including phenoxy) is 1. The second kappa shape index (κ2) is 9.04. The number of benzene rings is 2. The lowest BCUT2D eigenvalue weighted by Crippen LogP contribution is -2.40. The molecule has 1 aliphatic rings. The Morgan fingerprint density at radius 2 is 1.93 bits per heavy atom. The molecule has 1 N–H and O–H groups in total. The molecule has 3 rings (SSSR count). The highest BCUT2D eigenvalue weighted by Gasteiger charge is 2.29. The van der Waals surface area contributed by atoms with E-state index in [1.54, 1.807) is 12.1 Å². The Kier molecular flexibility index (Phi) is 6.71. The summed E-state index contributed by atoms with van der Waals surface area (Å²) in [4.78, 5) is 13.0. The van der Waals surface area contributed by atoms with Gasteiger partial charge in [-0.3, -0.25) is 4.79 Å². The largest absolute Gasteiger partial charge is 0.379 e. The van der Waals surface area contributed by atoms with Crippen molar-refractivity contribution < 1.29 is 22.3 Å². The minimum absolute atomic E-state index is 0.167. The minimum Gasteiger partial charge on any atom is -0.379 e. The van der Waals surface area contributed by atoms with Gasteiger partial charge < -0.3 is 10.1 Å². The molecule has 2 aromatic carbocycles. The molecule has 9 heteroatoms.